The van der Waals surface area contributed by atoms with Crippen molar-refractivity contribution in [2.24, 2.45) is 0 Å². The highest BCUT2D eigenvalue weighted by Crippen LogP contribution is 2.23. The average molecular weight is 358 g/mol. The topological polar surface area (TPSA) is 143 Å². The van der Waals surface area contributed by atoms with E-state index in [1.54, 1.807) is 13.8 Å². The predicted octanol–water partition coefficient (Wildman–Crippen LogP) is 2.61. The van der Waals surface area contributed by atoms with Gasteiger partial charge in [-0.15, -0.1) is 0 Å². The average Bonchev–Trinajstić information content (AvgIpc) is 3.17. The highest BCUT2D eigenvalue weighted by molar-refractivity contribution is 5.56. The molecule has 0 radical (unpaired) electrons. The van der Waals surface area contributed by atoms with E-state index in [1.807, 2.05) is 0 Å². The van der Waals surface area contributed by atoms with E-state index in [2.05, 4.69) is 15.2 Å². The van der Waals surface area contributed by atoms with Crippen LogP contribution in [0.1, 0.15) is 17.3 Å². The molecule has 0 atom stereocenters. The Bertz CT molecular complexity index is 975. The predicted molar refractivity (Wildman–Crippen MR) is 88.4 cm³/mol. The van der Waals surface area contributed by atoms with E-state index in [0.29, 0.717) is 41.6 Å². The minimum absolute atomic E-state index is 0.00194. The zero-order chi connectivity index (χ0) is 18.8. The second-order valence-corrected chi connectivity index (χ2v) is 5.57. The van der Waals surface area contributed by atoms with Gasteiger partial charge in [0.1, 0.15) is 11.4 Å². The first-order valence-corrected chi connectivity index (χ1v) is 7.62. The third kappa shape index (κ3) is 3.27. The van der Waals surface area contributed by atoms with Crippen LogP contribution < -0.4 is 0 Å². The zero-order valence-electron chi connectivity index (χ0n) is 13.9. The Hall–Kier alpha value is -3.63. The van der Waals surface area contributed by atoms with Gasteiger partial charge in [0.15, 0.2) is 0 Å². The summed E-state index contributed by atoms with van der Waals surface area (Å²) in [6.45, 7) is 3.57. The molecule has 2 aromatic heterocycles. The number of nitrogens with zero attached hydrogens (tertiary/aromatic N) is 6. The van der Waals surface area contributed by atoms with Crippen molar-refractivity contribution in [3.63, 3.8) is 0 Å². The van der Waals surface area contributed by atoms with Crippen LogP contribution in [0.25, 0.3) is 11.4 Å². The van der Waals surface area contributed by atoms with Crippen LogP contribution in [0.4, 0.5) is 11.4 Å². The van der Waals surface area contributed by atoms with E-state index in [9.17, 15) is 20.2 Å². The summed E-state index contributed by atoms with van der Waals surface area (Å²) in [5, 5.41) is 29.7. The van der Waals surface area contributed by atoms with Crippen molar-refractivity contribution in [2.75, 3.05) is 0 Å². The first-order chi connectivity index (χ1) is 12.4. The minimum Gasteiger partial charge on any atom is -0.339 e. The summed E-state index contributed by atoms with van der Waals surface area (Å²) in [6, 6.07) is 5.80. The lowest BCUT2D eigenvalue weighted by Gasteiger charge is -2.00. The number of nitro benzene ring substituents is 1. The van der Waals surface area contributed by atoms with E-state index < -0.39 is 9.85 Å². The lowest BCUT2D eigenvalue weighted by molar-refractivity contribution is -0.386. The minimum atomic E-state index is -0.487. The molecule has 0 unspecified atom stereocenters. The molecule has 0 N–H and O–H groups in total. The Morgan fingerprint density at radius 2 is 1.81 bits per heavy atom. The quantitative estimate of drug-likeness (QED) is 0.483. The van der Waals surface area contributed by atoms with Gasteiger partial charge in [-0.1, -0.05) is 5.16 Å². The smallest absolute Gasteiger partial charge is 0.312 e. The van der Waals surface area contributed by atoms with E-state index >= 15 is 0 Å². The number of nitro groups is 2. The molecule has 11 heteroatoms. The summed E-state index contributed by atoms with van der Waals surface area (Å²) >= 11 is 0. The number of hydrogen-bond acceptors (Lipinski definition) is 8. The Morgan fingerprint density at radius 1 is 1.12 bits per heavy atom. The largest absolute Gasteiger partial charge is 0.339 e. The number of non-ortho nitro benzene ring substituents is 1. The van der Waals surface area contributed by atoms with Gasteiger partial charge in [0.25, 0.3) is 5.69 Å². The third-order valence-electron chi connectivity index (χ3n) is 3.87. The molecule has 26 heavy (non-hydrogen) atoms. The SMILES string of the molecule is Cc1nn(CCc2nc(-c3ccc([N+](=O)[O-])cc3)no2)c(C)c1[N+](=O)[O-]. The van der Waals surface area contributed by atoms with Crippen LogP contribution in [0.2, 0.25) is 0 Å². The van der Waals surface area contributed by atoms with Gasteiger partial charge in [-0.25, -0.2) is 0 Å². The van der Waals surface area contributed by atoms with Crippen LogP contribution in [0.3, 0.4) is 0 Å². The van der Waals surface area contributed by atoms with Crippen molar-refractivity contribution in [3.8, 4) is 11.4 Å². The fourth-order valence-corrected chi connectivity index (χ4v) is 2.58. The molecular formula is C15H14N6O5. The Kier molecular flexibility index (Phi) is 4.43. The van der Waals surface area contributed by atoms with E-state index in [1.165, 1.54) is 28.9 Å². The van der Waals surface area contributed by atoms with E-state index in [4.69, 9.17) is 4.52 Å². The normalized spacial score (nSPS) is 10.8. The van der Waals surface area contributed by atoms with Gasteiger partial charge in [-0.2, -0.15) is 10.1 Å². The lowest BCUT2D eigenvalue weighted by Crippen LogP contribution is -2.06. The summed E-state index contributed by atoms with van der Waals surface area (Å²) in [6.07, 6.45) is 0.346. The lowest BCUT2D eigenvalue weighted by atomic mass is 10.2. The molecule has 3 rings (SSSR count). The highest BCUT2D eigenvalue weighted by Gasteiger charge is 2.22. The molecule has 3 aromatic rings. The number of rotatable bonds is 6. The van der Waals surface area contributed by atoms with Gasteiger partial charge in [0, 0.05) is 24.1 Å². The molecule has 0 bridgehead atoms. The van der Waals surface area contributed by atoms with Gasteiger partial charge in [0.05, 0.1) is 16.4 Å². The fourth-order valence-electron chi connectivity index (χ4n) is 2.58. The summed E-state index contributed by atoms with van der Waals surface area (Å²) in [5.74, 6) is 0.655. The molecular weight excluding hydrogens is 344 g/mol. The second kappa shape index (κ2) is 6.70. The molecule has 1 aromatic carbocycles. The maximum Gasteiger partial charge on any atom is 0.312 e. The molecule has 134 valence electrons. The van der Waals surface area contributed by atoms with E-state index in [-0.39, 0.29) is 11.4 Å². The van der Waals surface area contributed by atoms with Crippen molar-refractivity contribution in [2.45, 2.75) is 26.8 Å². The molecule has 11 nitrogen and oxygen atoms in total. The Labute approximate surface area is 146 Å². The van der Waals surface area contributed by atoms with Crippen molar-refractivity contribution in [1.29, 1.82) is 0 Å². The summed E-state index contributed by atoms with van der Waals surface area (Å²) in [5.41, 5.74) is 1.38. The number of aryl methyl sites for hydroxylation is 3. The van der Waals surface area contributed by atoms with E-state index in [0.717, 1.165) is 0 Å². The number of benzene rings is 1. The third-order valence-corrected chi connectivity index (χ3v) is 3.87. The van der Waals surface area contributed by atoms with Crippen LogP contribution in [-0.4, -0.2) is 29.8 Å². The summed E-state index contributed by atoms with van der Waals surface area (Å²) in [7, 11) is 0. The van der Waals surface area contributed by atoms with Crippen LogP contribution in [0.15, 0.2) is 28.8 Å². The summed E-state index contributed by atoms with van der Waals surface area (Å²) in [4.78, 5) is 25.0. The van der Waals surface area contributed by atoms with Crippen molar-refractivity contribution in [1.82, 2.24) is 19.9 Å². The molecule has 0 saturated heterocycles. The van der Waals surface area contributed by atoms with Gasteiger partial charge < -0.3 is 4.52 Å². The van der Waals surface area contributed by atoms with Crippen LogP contribution >= 0.6 is 0 Å². The van der Waals surface area contributed by atoms with Crippen molar-refractivity contribution < 1.29 is 14.4 Å². The van der Waals surface area contributed by atoms with Crippen LogP contribution in [0, 0.1) is 34.1 Å². The fraction of sp³-hybridized carbons (Fsp3) is 0.267. The summed E-state index contributed by atoms with van der Waals surface area (Å²) < 4.78 is 6.70. The molecule has 0 aliphatic carbocycles. The number of hydrogen-bond donors (Lipinski definition) is 0. The van der Waals surface area contributed by atoms with Crippen LogP contribution in [-0.2, 0) is 13.0 Å². The molecule has 0 amide bonds. The molecule has 0 saturated carbocycles. The monoisotopic (exact) mass is 358 g/mol. The van der Waals surface area contributed by atoms with Crippen LogP contribution in [0.5, 0.6) is 0 Å². The molecule has 0 spiro atoms. The second-order valence-electron chi connectivity index (χ2n) is 5.57. The van der Waals surface area contributed by atoms with Gasteiger partial charge in [0.2, 0.25) is 11.7 Å². The maximum atomic E-state index is 11.0. The van der Waals surface area contributed by atoms with Gasteiger partial charge in [-0.3, -0.25) is 24.9 Å². The highest BCUT2D eigenvalue weighted by atomic mass is 16.6. The Balaban J connectivity index is 1.72. The molecule has 0 fully saturated rings. The number of aromatic nitrogens is 4. The standard InChI is InChI=1S/C15H14N6O5/c1-9-14(21(24)25)10(2)19(17-9)8-7-13-16-15(18-26-13)11-3-5-12(6-4-11)20(22)23/h3-6H,7-8H2,1-2H3. The first kappa shape index (κ1) is 17.2. The van der Waals surface area contributed by atoms with Crippen molar-refractivity contribution >= 4 is 11.4 Å². The Morgan fingerprint density at radius 3 is 2.38 bits per heavy atom. The molecule has 0 aliphatic heterocycles. The first-order valence-electron chi connectivity index (χ1n) is 7.62. The van der Waals surface area contributed by atoms with Gasteiger partial charge >= 0.3 is 5.69 Å². The molecule has 0 aliphatic rings. The van der Waals surface area contributed by atoms with Crippen molar-refractivity contribution in [3.05, 3.63) is 61.8 Å². The van der Waals surface area contributed by atoms with Gasteiger partial charge in [-0.05, 0) is 26.0 Å². The maximum absolute atomic E-state index is 11.0. The molecule has 2 heterocycles. The zero-order valence-corrected chi connectivity index (χ0v) is 13.9.